The summed E-state index contributed by atoms with van der Waals surface area (Å²) >= 11 is 1.71. The van der Waals surface area contributed by atoms with Crippen LogP contribution in [0, 0.1) is 0 Å². The molecular weight excluding hydrogens is 200 g/mol. The van der Waals surface area contributed by atoms with Gasteiger partial charge in [0.15, 0.2) is 0 Å². The molecule has 0 aliphatic heterocycles. The lowest BCUT2D eigenvalue weighted by molar-refractivity contribution is -0.122. The van der Waals surface area contributed by atoms with Gasteiger partial charge in [0.2, 0.25) is 5.91 Å². The molecule has 0 aliphatic carbocycles. The first-order valence-electron chi connectivity index (χ1n) is 4.62. The third kappa shape index (κ3) is 4.83. The van der Waals surface area contributed by atoms with Crippen LogP contribution < -0.4 is 11.1 Å². The number of thioether (sulfide) groups is 1. The molecule has 1 atom stereocenters. The van der Waals surface area contributed by atoms with E-state index < -0.39 is 5.54 Å². The Hall–Kier alpha value is -0.260. The van der Waals surface area contributed by atoms with Crippen molar-refractivity contribution in [1.29, 1.82) is 0 Å². The summed E-state index contributed by atoms with van der Waals surface area (Å²) in [6.45, 7) is 2.58. The van der Waals surface area contributed by atoms with Crippen LogP contribution in [0.4, 0.5) is 0 Å². The molecule has 0 saturated carbocycles. The van der Waals surface area contributed by atoms with E-state index in [-0.39, 0.29) is 5.91 Å². The molecular formula is C9H20N2O2S. The van der Waals surface area contributed by atoms with Crippen LogP contribution in [-0.2, 0) is 9.53 Å². The van der Waals surface area contributed by atoms with E-state index in [1.165, 1.54) is 0 Å². The summed E-state index contributed by atoms with van der Waals surface area (Å²) in [7, 11) is 3.44. The summed E-state index contributed by atoms with van der Waals surface area (Å²) in [6.07, 6.45) is 1.000. The number of amides is 1. The van der Waals surface area contributed by atoms with Crippen LogP contribution in [0.25, 0.3) is 0 Å². The van der Waals surface area contributed by atoms with Crippen molar-refractivity contribution in [3.63, 3.8) is 0 Å². The highest BCUT2D eigenvalue weighted by Crippen LogP contribution is 2.13. The van der Waals surface area contributed by atoms with Crippen LogP contribution in [0.2, 0.25) is 0 Å². The standard InChI is InChI=1S/C9H20N2O2S/c1-9(11-2,8(10)12)7-14-6-4-5-13-3/h11H,4-7H2,1-3H3,(H2,10,12). The number of ether oxygens (including phenoxy) is 1. The maximum absolute atomic E-state index is 11.1. The minimum Gasteiger partial charge on any atom is -0.385 e. The predicted molar refractivity (Wildman–Crippen MR) is 60.5 cm³/mol. The number of hydrogen-bond donors (Lipinski definition) is 2. The van der Waals surface area contributed by atoms with Crippen molar-refractivity contribution in [3.05, 3.63) is 0 Å². The van der Waals surface area contributed by atoms with Crippen molar-refractivity contribution in [3.8, 4) is 0 Å². The normalized spacial score (nSPS) is 15.1. The molecule has 0 heterocycles. The first kappa shape index (κ1) is 13.7. The van der Waals surface area contributed by atoms with Gasteiger partial charge in [-0.15, -0.1) is 0 Å². The smallest absolute Gasteiger partial charge is 0.238 e. The second kappa shape index (κ2) is 7.09. The van der Waals surface area contributed by atoms with Crippen LogP contribution >= 0.6 is 11.8 Å². The Morgan fingerprint density at radius 2 is 2.29 bits per heavy atom. The van der Waals surface area contributed by atoms with Crippen LogP contribution in [-0.4, -0.2) is 43.7 Å². The number of likely N-dealkylation sites (N-methyl/N-ethyl adjacent to an activating group) is 1. The molecule has 14 heavy (non-hydrogen) atoms. The lowest BCUT2D eigenvalue weighted by atomic mass is 10.1. The number of nitrogens with one attached hydrogen (secondary N) is 1. The van der Waals surface area contributed by atoms with E-state index in [2.05, 4.69) is 5.32 Å². The lowest BCUT2D eigenvalue weighted by Crippen LogP contribution is -2.53. The van der Waals surface area contributed by atoms with Gasteiger partial charge in [-0.1, -0.05) is 0 Å². The molecule has 0 aromatic heterocycles. The van der Waals surface area contributed by atoms with Crippen LogP contribution in [0.15, 0.2) is 0 Å². The molecule has 84 valence electrons. The average molecular weight is 220 g/mol. The lowest BCUT2D eigenvalue weighted by Gasteiger charge is -2.24. The number of nitrogens with two attached hydrogens (primary N) is 1. The highest BCUT2D eigenvalue weighted by molar-refractivity contribution is 7.99. The fourth-order valence-electron chi connectivity index (χ4n) is 0.848. The SMILES string of the molecule is CNC(C)(CSCCCOC)C(N)=O. The Kier molecular flexibility index (Phi) is 6.96. The maximum atomic E-state index is 11.1. The molecule has 5 heteroatoms. The molecule has 0 aromatic rings. The van der Waals surface area contributed by atoms with Crippen molar-refractivity contribution in [2.75, 3.05) is 32.3 Å². The number of methoxy groups -OCH3 is 1. The fourth-order valence-corrected chi connectivity index (χ4v) is 2.01. The molecule has 0 rings (SSSR count). The Labute approximate surface area is 89.9 Å². The molecule has 0 spiro atoms. The van der Waals surface area contributed by atoms with Gasteiger partial charge in [-0.25, -0.2) is 0 Å². The molecule has 0 aromatic carbocycles. The average Bonchev–Trinajstić information content (AvgIpc) is 2.17. The Morgan fingerprint density at radius 1 is 1.64 bits per heavy atom. The van der Waals surface area contributed by atoms with Gasteiger partial charge in [0.1, 0.15) is 5.54 Å². The molecule has 1 unspecified atom stereocenters. The fraction of sp³-hybridized carbons (Fsp3) is 0.889. The van der Waals surface area contributed by atoms with Gasteiger partial charge in [-0.3, -0.25) is 4.79 Å². The Morgan fingerprint density at radius 3 is 2.71 bits per heavy atom. The molecule has 0 fully saturated rings. The number of carbonyl (C=O) groups is 1. The molecule has 4 nitrogen and oxygen atoms in total. The van der Waals surface area contributed by atoms with E-state index in [9.17, 15) is 4.79 Å². The number of rotatable bonds is 8. The van der Waals surface area contributed by atoms with Gasteiger partial charge in [-0.2, -0.15) is 11.8 Å². The molecule has 0 saturated heterocycles. The van der Waals surface area contributed by atoms with Gasteiger partial charge in [0, 0.05) is 19.5 Å². The quantitative estimate of drug-likeness (QED) is 0.574. The largest absolute Gasteiger partial charge is 0.385 e. The topological polar surface area (TPSA) is 64.3 Å². The maximum Gasteiger partial charge on any atom is 0.238 e. The zero-order chi connectivity index (χ0) is 11.0. The van der Waals surface area contributed by atoms with Gasteiger partial charge >= 0.3 is 0 Å². The van der Waals surface area contributed by atoms with Crippen molar-refractivity contribution in [2.24, 2.45) is 5.73 Å². The summed E-state index contributed by atoms with van der Waals surface area (Å²) in [6, 6.07) is 0. The molecule has 0 bridgehead atoms. The summed E-state index contributed by atoms with van der Waals surface area (Å²) < 4.78 is 4.93. The van der Waals surface area contributed by atoms with Gasteiger partial charge in [-0.05, 0) is 26.1 Å². The number of carbonyl (C=O) groups excluding carboxylic acids is 1. The first-order chi connectivity index (χ1) is 6.56. The first-order valence-corrected chi connectivity index (χ1v) is 5.78. The van der Waals surface area contributed by atoms with Crippen LogP contribution in [0.3, 0.4) is 0 Å². The van der Waals surface area contributed by atoms with E-state index >= 15 is 0 Å². The van der Waals surface area contributed by atoms with Crippen LogP contribution in [0.5, 0.6) is 0 Å². The highest BCUT2D eigenvalue weighted by Gasteiger charge is 2.28. The zero-order valence-corrected chi connectivity index (χ0v) is 9.95. The van der Waals surface area contributed by atoms with Crippen molar-refractivity contribution in [2.45, 2.75) is 18.9 Å². The minimum atomic E-state index is -0.599. The molecule has 1 amide bonds. The third-order valence-electron chi connectivity index (χ3n) is 2.12. The zero-order valence-electron chi connectivity index (χ0n) is 9.13. The van der Waals surface area contributed by atoms with E-state index in [4.69, 9.17) is 10.5 Å². The second-order valence-electron chi connectivity index (χ2n) is 3.35. The minimum absolute atomic E-state index is 0.306. The van der Waals surface area contributed by atoms with Crippen molar-refractivity contribution in [1.82, 2.24) is 5.32 Å². The van der Waals surface area contributed by atoms with E-state index in [1.807, 2.05) is 6.92 Å². The van der Waals surface area contributed by atoms with Gasteiger partial charge in [0.05, 0.1) is 0 Å². The third-order valence-corrected chi connectivity index (χ3v) is 3.48. The van der Waals surface area contributed by atoms with Crippen molar-refractivity contribution >= 4 is 17.7 Å². The second-order valence-corrected chi connectivity index (χ2v) is 4.45. The Balaban J connectivity index is 3.68. The van der Waals surface area contributed by atoms with E-state index in [0.717, 1.165) is 18.8 Å². The number of hydrogen-bond acceptors (Lipinski definition) is 4. The molecule has 3 N–H and O–H groups in total. The van der Waals surface area contributed by atoms with E-state index in [1.54, 1.807) is 25.9 Å². The van der Waals surface area contributed by atoms with Crippen molar-refractivity contribution < 1.29 is 9.53 Å². The van der Waals surface area contributed by atoms with Gasteiger partial charge in [0.25, 0.3) is 0 Å². The monoisotopic (exact) mass is 220 g/mol. The molecule has 0 aliphatic rings. The Bertz CT molecular complexity index is 178. The molecule has 0 radical (unpaired) electrons. The predicted octanol–water partition coefficient (Wildman–Crippen LogP) is 0.220. The summed E-state index contributed by atoms with van der Waals surface area (Å²) in [4.78, 5) is 11.1. The number of primary amides is 1. The summed E-state index contributed by atoms with van der Waals surface area (Å²) in [5, 5.41) is 2.94. The highest BCUT2D eigenvalue weighted by atomic mass is 32.2. The van der Waals surface area contributed by atoms with E-state index in [0.29, 0.717) is 5.75 Å². The van der Waals surface area contributed by atoms with Crippen LogP contribution in [0.1, 0.15) is 13.3 Å². The summed E-state index contributed by atoms with van der Waals surface area (Å²) in [5.74, 6) is 1.38. The van der Waals surface area contributed by atoms with Gasteiger partial charge < -0.3 is 15.8 Å². The summed E-state index contributed by atoms with van der Waals surface area (Å²) in [5.41, 5.74) is 4.68.